The van der Waals surface area contributed by atoms with E-state index in [9.17, 15) is 4.39 Å². The van der Waals surface area contributed by atoms with Crippen LogP contribution in [0.5, 0.6) is 0 Å². The molecule has 0 atom stereocenters. The lowest BCUT2D eigenvalue weighted by Crippen LogP contribution is -2.20. The van der Waals surface area contributed by atoms with E-state index in [1.807, 2.05) is 156 Å². The van der Waals surface area contributed by atoms with Crippen molar-refractivity contribution < 1.29 is 14.1 Å². The number of nitrogen functional groups attached to an aromatic ring is 1. The van der Waals surface area contributed by atoms with Crippen LogP contribution in [0, 0.1) is 59.7 Å². The van der Waals surface area contributed by atoms with Crippen LogP contribution in [0.15, 0.2) is 180 Å². The molecule has 0 saturated carbocycles. The number of oxime groups is 2. The molecule has 0 unspecified atom stereocenters. The number of benzene rings is 8. The molecule has 0 fully saturated rings. The lowest BCUT2D eigenvalue weighted by Gasteiger charge is -2.16. The van der Waals surface area contributed by atoms with E-state index in [-0.39, 0.29) is 11.7 Å². The van der Waals surface area contributed by atoms with E-state index in [0.717, 1.165) is 77.8 Å². The number of pyridine rings is 1. The second-order valence-electron chi connectivity index (χ2n) is 19.7. The van der Waals surface area contributed by atoms with Gasteiger partial charge in [0.2, 0.25) is 0 Å². The van der Waals surface area contributed by atoms with Crippen LogP contribution >= 0.6 is 23.2 Å². The van der Waals surface area contributed by atoms with Crippen LogP contribution in [0.4, 0.5) is 10.2 Å². The third-order valence-electron chi connectivity index (χ3n) is 12.9. The molecular weight excluding hydrogens is 1040 g/mol. The van der Waals surface area contributed by atoms with Crippen LogP contribution in [0.25, 0.3) is 32.4 Å². The van der Waals surface area contributed by atoms with Crippen LogP contribution in [0.3, 0.4) is 0 Å². The molecule has 10 aromatic rings. The number of rotatable bonds is 1. The molecule has 5 heterocycles. The Kier molecular flexibility index (Phi) is 20.8. The topological polar surface area (TPSA) is 186 Å². The molecule has 9 N–H and O–H groups in total. The van der Waals surface area contributed by atoms with E-state index in [1.54, 1.807) is 13.0 Å². The number of aryl methyl sites for hydroxylation is 8. The molecule has 3 aliphatic rings. The molecule has 3 aliphatic heterocycles. The van der Waals surface area contributed by atoms with E-state index >= 15 is 0 Å². The van der Waals surface area contributed by atoms with Crippen LogP contribution < -0.4 is 22.5 Å². The number of anilines is 1. The maximum atomic E-state index is 13.0. The minimum absolute atomic E-state index is 0.128. The normalized spacial score (nSPS) is 12.3. The highest BCUT2D eigenvalue weighted by Crippen LogP contribution is 2.23. The maximum Gasteiger partial charge on any atom is 0.170 e. The molecule has 0 aliphatic carbocycles. The number of H-pyrrole nitrogens is 1. The number of amidine groups is 3. The maximum absolute atomic E-state index is 13.0. The first kappa shape index (κ1) is 59.0. The molecule has 14 heteroatoms. The van der Waals surface area contributed by atoms with Crippen LogP contribution in [-0.4, -0.2) is 34.0 Å². The summed E-state index contributed by atoms with van der Waals surface area (Å²) in [7, 11) is 0. The van der Waals surface area contributed by atoms with E-state index in [1.165, 1.54) is 56.9 Å². The van der Waals surface area contributed by atoms with E-state index in [2.05, 4.69) is 75.0 Å². The SMILES string of the molecule is Cc1cc2cc(Cl)ccc2[nH]1.Cc1cc2ccccc2cc1F.Cc1ccc2c(c1)C(N)=NOC2.Cc1ccc2c(c1)CON=C2N.Cc1ccc2c(n1)NCCC2.Cc1ccc2cc(Cl)ccc2c1.Cc1cccc(C(=N)N)c1. The number of nitrogens with two attached hydrogens (primary N) is 3. The van der Waals surface area contributed by atoms with Crippen molar-refractivity contribution in [2.24, 2.45) is 27.5 Å². The highest BCUT2D eigenvalue weighted by Gasteiger charge is 2.13. The number of fused-ring (bicyclic) bond motifs is 6. The Morgan fingerprint density at radius 3 is 1.86 bits per heavy atom. The molecule has 11 nitrogen and oxygen atoms in total. The number of hydrogen-bond acceptors (Lipinski definition) is 9. The summed E-state index contributed by atoms with van der Waals surface area (Å²) in [5, 5.41) is 25.1. The Labute approximate surface area is 478 Å². The molecule has 0 bridgehead atoms. The summed E-state index contributed by atoms with van der Waals surface area (Å²) in [4.78, 5) is 17.5. The summed E-state index contributed by atoms with van der Waals surface area (Å²) in [5.74, 6) is 2.03. The van der Waals surface area contributed by atoms with Crippen molar-refractivity contribution in [3.8, 4) is 0 Å². The highest BCUT2D eigenvalue weighted by atomic mass is 35.5. The van der Waals surface area contributed by atoms with Gasteiger partial charge in [-0.05, 0) is 161 Å². The van der Waals surface area contributed by atoms with Crippen LogP contribution in [0.1, 0.15) is 79.0 Å². The molecule has 0 radical (unpaired) electrons. The van der Waals surface area contributed by atoms with Crippen molar-refractivity contribution >= 4 is 79.0 Å². The Bertz CT molecular complexity index is 3750. The second kappa shape index (κ2) is 28.3. The van der Waals surface area contributed by atoms with Gasteiger partial charge >= 0.3 is 0 Å². The Morgan fingerprint density at radius 2 is 1.14 bits per heavy atom. The predicted molar refractivity (Wildman–Crippen MR) is 332 cm³/mol. The third-order valence-corrected chi connectivity index (χ3v) is 13.4. The highest BCUT2D eigenvalue weighted by molar-refractivity contribution is 6.31. The van der Waals surface area contributed by atoms with Crippen LogP contribution in [0.2, 0.25) is 10.0 Å². The van der Waals surface area contributed by atoms with Gasteiger partial charge in [-0.15, -0.1) is 0 Å². The Morgan fingerprint density at radius 1 is 0.550 bits per heavy atom. The first-order valence-electron chi connectivity index (χ1n) is 26.2. The summed E-state index contributed by atoms with van der Waals surface area (Å²) < 4.78 is 13.0. The molecule has 80 heavy (non-hydrogen) atoms. The number of nitrogens with one attached hydrogen (secondary N) is 3. The molecule has 8 aromatic carbocycles. The van der Waals surface area contributed by atoms with Gasteiger partial charge in [0, 0.05) is 66.7 Å². The van der Waals surface area contributed by atoms with Gasteiger partial charge in [0.05, 0.1) is 0 Å². The predicted octanol–water partition coefficient (Wildman–Crippen LogP) is 15.5. The molecule has 0 spiro atoms. The monoisotopic (exact) mass is 1110 g/mol. The van der Waals surface area contributed by atoms with Crippen molar-refractivity contribution in [1.29, 1.82) is 5.41 Å². The third kappa shape index (κ3) is 17.1. The second-order valence-corrected chi connectivity index (χ2v) is 20.6. The van der Waals surface area contributed by atoms with Gasteiger partial charge in [-0.2, -0.15) is 0 Å². The number of nitrogens with zero attached hydrogens (tertiary/aromatic N) is 3. The quantitative estimate of drug-likeness (QED) is 0.0697. The molecule has 0 saturated heterocycles. The number of halogens is 3. The van der Waals surface area contributed by atoms with Crippen molar-refractivity contribution in [2.45, 2.75) is 74.5 Å². The van der Waals surface area contributed by atoms with Gasteiger partial charge in [-0.3, -0.25) is 5.41 Å². The number of aromatic amines is 1. The van der Waals surface area contributed by atoms with E-state index in [4.69, 9.17) is 55.5 Å². The minimum Gasteiger partial charge on any atom is -0.389 e. The summed E-state index contributed by atoms with van der Waals surface area (Å²) in [5.41, 5.74) is 31.8. The standard InChI is InChI=1S/C11H9Cl.C11H9F.C9H8ClN.2C9H10N2O.C9H12N2.C8H10N2/c1-8-2-3-10-7-11(12)5-4-9(10)6-8;1-8-6-9-4-2-3-5-10(9)7-11(8)12;1-6-4-7-5-8(10)2-3-9(7)11-6;1-6-2-3-8-7(4-6)5-12-11-9(8)10;1-6-2-3-7-5-12-11-9(10)8(7)4-6;1-7-4-5-8-3-2-6-10-9(8)11-7;1-6-3-2-4-7(5-6)8(9)10/h2*2-7H,1H3;2-5,11H,1H3;2*2-4H,5H2,1H3,(H2,10,11);4-5H,2-3,6H2,1H3,(H,10,11);2-5H,1H3,(H3,9,10). The first-order valence-corrected chi connectivity index (χ1v) is 26.9. The molecule has 410 valence electrons. The fraction of sp³-hybridized carbons (Fsp3) is 0.182. The summed E-state index contributed by atoms with van der Waals surface area (Å²) in [6.45, 7) is 16.1. The fourth-order valence-electron chi connectivity index (χ4n) is 8.74. The fourth-order valence-corrected chi connectivity index (χ4v) is 9.10. The summed E-state index contributed by atoms with van der Waals surface area (Å²) in [6, 6.07) is 55.4. The smallest absolute Gasteiger partial charge is 0.170 e. The van der Waals surface area contributed by atoms with Gasteiger partial charge in [-0.1, -0.05) is 159 Å². The molecule has 2 aromatic heterocycles. The largest absolute Gasteiger partial charge is 0.389 e. The Hall–Kier alpha value is -8.71. The zero-order valence-electron chi connectivity index (χ0n) is 46.2. The zero-order valence-corrected chi connectivity index (χ0v) is 47.7. The van der Waals surface area contributed by atoms with Crippen molar-refractivity contribution in [2.75, 3.05) is 11.9 Å². The molecular formula is C66H68Cl2FN9O2. The van der Waals surface area contributed by atoms with Crippen molar-refractivity contribution in [3.63, 3.8) is 0 Å². The summed E-state index contributed by atoms with van der Waals surface area (Å²) >= 11 is 11.7. The van der Waals surface area contributed by atoms with Gasteiger partial charge in [-0.25, -0.2) is 9.37 Å². The lowest BCUT2D eigenvalue weighted by atomic mass is 10.0. The lowest BCUT2D eigenvalue weighted by molar-refractivity contribution is 0.125. The first-order chi connectivity index (χ1) is 38.4. The van der Waals surface area contributed by atoms with Gasteiger partial charge in [0.15, 0.2) is 11.7 Å². The number of hydrogen-bond donors (Lipinski definition) is 6. The van der Waals surface area contributed by atoms with Gasteiger partial charge in [0.25, 0.3) is 0 Å². The Balaban J connectivity index is 0.000000135. The van der Waals surface area contributed by atoms with E-state index in [0.29, 0.717) is 30.4 Å². The average Bonchev–Trinajstić information content (AvgIpc) is 3.82. The minimum atomic E-state index is -0.131. The van der Waals surface area contributed by atoms with Crippen LogP contribution in [-0.2, 0) is 29.3 Å². The summed E-state index contributed by atoms with van der Waals surface area (Å²) in [6.07, 6.45) is 2.41. The van der Waals surface area contributed by atoms with Crippen molar-refractivity contribution in [3.05, 3.63) is 258 Å². The number of aromatic nitrogens is 2. The van der Waals surface area contributed by atoms with E-state index < -0.39 is 0 Å². The average molecular weight is 1110 g/mol. The molecule has 0 amide bonds. The van der Waals surface area contributed by atoms with Crippen molar-refractivity contribution in [1.82, 2.24) is 9.97 Å². The van der Waals surface area contributed by atoms with Gasteiger partial charge in [0.1, 0.15) is 30.7 Å². The molecule has 13 rings (SSSR count). The zero-order chi connectivity index (χ0) is 57.3. The van der Waals surface area contributed by atoms with Gasteiger partial charge < -0.3 is 37.2 Å².